The normalized spacial score (nSPS) is 23.8. The highest BCUT2D eigenvalue weighted by Crippen LogP contribution is 2.27. The molecule has 1 aromatic rings. The average molecular weight is 350 g/mol. The molecule has 1 amide bonds. The number of carbonyl (C=O) groups excluding carboxylic acids is 1. The molecule has 0 saturated heterocycles. The largest absolute Gasteiger partial charge is 0.488 e. The highest BCUT2D eigenvalue weighted by molar-refractivity contribution is 5.87. The molecule has 1 aromatic carbocycles. The smallest absolute Gasteiger partial charge is 0.246 e. The Morgan fingerprint density at radius 1 is 1.36 bits per heavy atom. The summed E-state index contributed by atoms with van der Waals surface area (Å²) in [5.41, 5.74) is 0. The van der Waals surface area contributed by atoms with Crippen molar-refractivity contribution < 1.29 is 19.0 Å². The van der Waals surface area contributed by atoms with Crippen LogP contribution in [0.4, 0.5) is 4.39 Å². The number of halogens is 1. The number of benzene rings is 1. The molecule has 1 aliphatic carbocycles. The first-order valence-electron chi connectivity index (χ1n) is 8.57. The first-order valence-corrected chi connectivity index (χ1v) is 8.57. The summed E-state index contributed by atoms with van der Waals surface area (Å²) < 4.78 is 19.1. The van der Waals surface area contributed by atoms with Crippen molar-refractivity contribution in [3.8, 4) is 5.75 Å². The first kappa shape index (κ1) is 19.4. The summed E-state index contributed by atoms with van der Waals surface area (Å²) in [5.74, 6) is -0.125. The van der Waals surface area contributed by atoms with Gasteiger partial charge in [-0.05, 0) is 45.5 Å². The third-order valence-corrected chi connectivity index (χ3v) is 4.42. The van der Waals surface area contributed by atoms with Crippen molar-refractivity contribution >= 4 is 5.91 Å². The lowest BCUT2D eigenvalue weighted by atomic mass is 9.89. The average Bonchev–Trinajstić information content (AvgIpc) is 2.56. The third-order valence-electron chi connectivity index (χ3n) is 4.42. The predicted octanol–water partition coefficient (Wildman–Crippen LogP) is 2.06. The van der Waals surface area contributed by atoms with E-state index in [0.29, 0.717) is 25.1 Å². The van der Waals surface area contributed by atoms with Crippen molar-refractivity contribution in [2.45, 2.75) is 37.5 Å². The molecule has 6 heteroatoms. The maximum Gasteiger partial charge on any atom is 0.246 e. The van der Waals surface area contributed by atoms with Crippen LogP contribution < -0.4 is 4.74 Å². The molecular formula is C19H27FN2O3. The molecule has 1 aliphatic rings. The van der Waals surface area contributed by atoms with E-state index in [9.17, 15) is 14.3 Å². The molecule has 0 unspecified atom stereocenters. The number of amides is 1. The minimum atomic E-state index is -0.812. The first-order chi connectivity index (χ1) is 11.9. The van der Waals surface area contributed by atoms with Gasteiger partial charge >= 0.3 is 0 Å². The van der Waals surface area contributed by atoms with Crippen LogP contribution in [0.2, 0.25) is 0 Å². The van der Waals surface area contributed by atoms with Crippen molar-refractivity contribution in [1.82, 2.24) is 9.80 Å². The van der Waals surface area contributed by atoms with E-state index < -0.39 is 12.2 Å². The molecule has 1 saturated carbocycles. The number of aliphatic hydroxyl groups excluding tert-OH is 1. The summed E-state index contributed by atoms with van der Waals surface area (Å²) in [5, 5.41) is 10.6. The topological polar surface area (TPSA) is 53.0 Å². The fraction of sp³-hybridized carbons (Fsp3) is 0.526. The summed E-state index contributed by atoms with van der Waals surface area (Å²) in [6.45, 7) is 0.679. The van der Waals surface area contributed by atoms with Gasteiger partial charge in [0.05, 0.1) is 6.04 Å². The van der Waals surface area contributed by atoms with Gasteiger partial charge in [0, 0.05) is 25.7 Å². The van der Waals surface area contributed by atoms with Gasteiger partial charge in [-0.2, -0.15) is 0 Å². The zero-order valence-corrected chi connectivity index (χ0v) is 15.1. The molecule has 2 rings (SSSR count). The number of aliphatic hydroxyl groups is 1. The zero-order chi connectivity index (χ0) is 18.4. The zero-order valence-electron chi connectivity index (χ0n) is 15.1. The van der Waals surface area contributed by atoms with Crippen LogP contribution in [0.1, 0.15) is 19.3 Å². The Balaban J connectivity index is 1.99. The van der Waals surface area contributed by atoms with Gasteiger partial charge < -0.3 is 19.6 Å². The second-order valence-corrected chi connectivity index (χ2v) is 6.72. The summed E-state index contributed by atoms with van der Waals surface area (Å²) in [4.78, 5) is 15.8. The Morgan fingerprint density at radius 2 is 2.12 bits per heavy atom. The molecule has 0 spiro atoms. The van der Waals surface area contributed by atoms with E-state index in [1.807, 2.05) is 19.0 Å². The summed E-state index contributed by atoms with van der Waals surface area (Å²) in [6, 6.07) is 5.57. The number of hydrogen-bond donors (Lipinski definition) is 1. The maximum absolute atomic E-state index is 13.3. The molecule has 0 radical (unpaired) electrons. The summed E-state index contributed by atoms with van der Waals surface area (Å²) in [7, 11) is 5.55. The minimum Gasteiger partial charge on any atom is -0.488 e. The Bertz CT molecular complexity index is 606. The highest BCUT2D eigenvalue weighted by Gasteiger charge is 2.36. The van der Waals surface area contributed by atoms with Gasteiger partial charge in [0.15, 0.2) is 0 Å². The lowest BCUT2D eigenvalue weighted by Crippen LogP contribution is -2.53. The van der Waals surface area contributed by atoms with E-state index in [-0.39, 0.29) is 17.8 Å². The molecule has 0 aromatic heterocycles. The fourth-order valence-corrected chi connectivity index (χ4v) is 3.03. The molecule has 1 N–H and O–H groups in total. The van der Waals surface area contributed by atoms with Crippen LogP contribution in [0.15, 0.2) is 36.4 Å². The van der Waals surface area contributed by atoms with E-state index in [2.05, 4.69) is 0 Å². The van der Waals surface area contributed by atoms with Gasteiger partial charge in [0.25, 0.3) is 0 Å². The molecule has 0 aliphatic heterocycles. The van der Waals surface area contributed by atoms with E-state index in [1.54, 1.807) is 30.2 Å². The summed E-state index contributed by atoms with van der Waals surface area (Å²) in [6.07, 6.45) is 4.29. The molecule has 1 fully saturated rings. The second kappa shape index (κ2) is 8.97. The van der Waals surface area contributed by atoms with Crippen LogP contribution >= 0.6 is 0 Å². The van der Waals surface area contributed by atoms with Crippen molar-refractivity contribution in [3.63, 3.8) is 0 Å². The Labute approximate surface area is 148 Å². The molecule has 0 bridgehead atoms. The lowest BCUT2D eigenvalue weighted by molar-refractivity contribution is -0.132. The molecular weight excluding hydrogens is 323 g/mol. The summed E-state index contributed by atoms with van der Waals surface area (Å²) >= 11 is 0. The van der Waals surface area contributed by atoms with Crippen LogP contribution in [-0.4, -0.2) is 66.8 Å². The molecule has 5 nitrogen and oxygen atoms in total. The number of rotatable bonds is 6. The van der Waals surface area contributed by atoms with Crippen LogP contribution in [0.5, 0.6) is 5.75 Å². The Kier molecular flexibility index (Phi) is 6.96. The number of hydrogen-bond acceptors (Lipinski definition) is 4. The Morgan fingerprint density at radius 3 is 2.80 bits per heavy atom. The molecule has 25 heavy (non-hydrogen) atoms. The second-order valence-electron chi connectivity index (χ2n) is 6.72. The van der Waals surface area contributed by atoms with Crippen molar-refractivity contribution in [3.05, 3.63) is 42.2 Å². The van der Waals surface area contributed by atoms with E-state index in [4.69, 9.17) is 4.74 Å². The minimum absolute atomic E-state index is 0.141. The van der Waals surface area contributed by atoms with Crippen LogP contribution in [-0.2, 0) is 4.79 Å². The van der Waals surface area contributed by atoms with Gasteiger partial charge in [0.1, 0.15) is 23.8 Å². The number of ether oxygens (including phenoxy) is 1. The molecule has 138 valence electrons. The maximum atomic E-state index is 13.3. The van der Waals surface area contributed by atoms with Crippen molar-refractivity contribution in [2.24, 2.45) is 0 Å². The van der Waals surface area contributed by atoms with E-state index >= 15 is 0 Å². The SMILES string of the molecule is CN(C)C/C=C/C(=O)N(C)[C@@H]1CCC[C@@H](Oc2cccc(F)c2)[C@@H]1O. The van der Waals surface area contributed by atoms with E-state index in [1.165, 1.54) is 18.2 Å². The Hall–Kier alpha value is -1.92. The standard InChI is InChI=1S/C19H27FN2O3/c1-21(2)12-6-11-18(23)22(3)16-9-5-10-17(19(16)24)25-15-8-4-7-14(20)13-15/h4,6-8,11,13,16-17,19,24H,5,9-10,12H2,1-3H3/b11-6+/t16-,17-,19-/m1/s1. The van der Waals surface area contributed by atoms with Crippen LogP contribution in [0.3, 0.4) is 0 Å². The lowest BCUT2D eigenvalue weighted by Gasteiger charge is -2.39. The van der Waals surface area contributed by atoms with Gasteiger partial charge in [0.2, 0.25) is 5.91 Å². The quantitative estimate of drug-likeness (QED) is 0.798. The fourth-order valence-electron chi connectivity index (χ4n) is 3.03. The third kappa shape index (κ3) is 5.54. The highest BCUT2D eigenvalue weighted by atomic mass is 19.1. The van der Waals surface area contributed by atoms with Crippen LogP contribution in [0, 0.1) is 5.82 Å². The molecule has 0 heterocycles. The van der Waals surface area contributed by atoms with Gasteiger partial charge in [-0.1, -0.05) is 12.1 Å². The van der Waals surface area contributed by atoms with Gasteiger partial charge in [-0.3, -0.25) is 4.79 Å². The monoisotopic (exact) mass is 350 g/mol. The molecule has 3 atom stereocenters. The van der Waals surface area contributed by atoms with Crippen molar-refractivity contribution in [2.75, 3.05) is 27.7 Å². The van der Waals surface area contributed by atoms with Crippen LogP contribution in [0.25, 0.3) is 0 Å². The number of carbonyl (C=O) groups is 1. The van der Waals surface area contributed by atoms with Gasteiger partial charge in [-0.25, -0.2) is 4.39 Å². The van der Waals surface area contributed by atoms with Crippen molar-refractivity contribution in [1.29, 1.82) is 0 Å². The predicted molar refractivity (Wildman–Crippen MR) is 94.9 cm³/mol. The number of nitrogens with zero attached hydrogens (tertiary/aromatic N) is 2. The number of likely N-dealkylation sites (N-methyl/N-ethyl adjacent to an activating group) is 2. The van der Waals surface area contributed by atoms with E-state index in [0.717, 1.165) is 6.42 Å². The van der Waals surface area contributed by atoms with Gasteiger partial charge in [-0.15, -0.1) is 0 Å².